The molecule has 4 atom stereocenters. The van der Waals surface area contributed by atoms with Crippen molar-refractivity contribution >= 4 is 39.4 Å². The molecule has 1 aromatic carbocycles. The van der Waals surface area contributed by atoms with Gasteiger partial charge in [0, 0.05) is 11.7 Å². The zero-order valence-corrected chi connectivity index (χ0v) is 20.6. The molecule has 3 rings (SSSR count). The van der Waals surface area contributed by atoms with Crippen LogP contribution in [0.5, 0.6) is 0 Å². The van der Waals surface area contributed by atoms with Crippen molar-refractivity contribution in [3.63, 3.8) is 0 Å². The smallest absolute Gasteiger partial charge is 0.329 e. The summed E-state index contributed by atoms with van der Waals surface area (Å²) in [5.41, 5.74) is 0.318. The SMILES string of the molecule is CC(C)NS(=O)(=O)c1ccc(NC(=O)C(C)OC(=O)C(C)N2C(=O)C3CCCCC3C2=O)cc1. The van der Waals surface area contributed by atoms with Gasteiger partial charge in [0.15, 0.2) is 6.10 Å². The van der Waals surface area contributed by atoms with Crippen molar-refractivity contribution in [1.82, 2.24) is 9.62 Å². The summed E-state index contributed by atoms with van der Waals surface area (Å²) in [6, 6.07) is 4.16. The molecule has 11 heteroatoms. The summed E-state index contributed by atoms with van der Waals surface area (Å²) in [5.74, 6) is -2.93. The molecule has 2 fully saturated rings. The Balaban J connectivity index is 1.58. The zero-order chi connectivity index (χ0) is 25.2. The quantitative estimate of drug-likeness (QED) is 0.416. The number of sulfonamides is 1. The highest BCUT2D eigenvalue weighted by Crippen LogP contribution is 2.39. The topological polar surface area (TPSA) is 139 Å². The van der Waals surface area contributed by atoms with Crippen LogP contribution in [0.3, 0.4) is 0 Å². The number of benzene rings is 1. The van der Waals surface area contributed by atoms with E-state index in [1.54, 1.807) is 13.8 Å². The predicted molar refractivity (Wildman–Crippen MR) is 123 cm³/mol. The Labute approximate surface area is 199 Å². The molecule has 0 aromatic heterocycles. The fraction of sp³-hybridized carbons (Fsp3) is 0.565. The maximum Gasteiger partial charge on any atom is 0.329 e. The first kappa shape index (κ1) is 25.8. The van der Waals surface area contributed by atoms with E-state index in [2.05, 4.69) is 10.0 Å². The van der Waals surface area contributed by atoms with E-state index in [0.717, 1.165) is 17.7 Å². The lowest BCUT2D eigenvalue weighted by atomic mass is 9.81. The van der Waals surface area contributed by atoms with Crippen LogP contribution in [0, 0.1) is 11.8 Å². The van der Waals surface area contributed by atoms with E-state index in [4.69, 9.17) is 4.74 Å². The number of hydrogen-bond acceptors (Lipinski definition) is 7. The molecule has 4 unspecified atom stereocenters. The normalized spacial score (nSPS) is 22.3. The molecular weight excluding hydrogens is 462 g/mol. The van der Waals surface area contributed by atoms with Crippen molar-refractivity contribution < 1.29 is 32.3 Å². The molecular formula is C23H31N3O7S. The van der Waals surface area contributed by atoms with Crippen molar-refractivity contribution in [2.24, 2.45) is 11.8 Å². The first-order valence-electron chi connectivity index (χ1n) is 11.4. The van der Waals surface area contributed by atoms with Crippen LogP contribution in [-0.2, 0) is 33.9 Å². The van der Waals surface area contributed by atoms with Gasteiger partial charge in [-0.05, 0) is 64.8 Å². The molecule has 34 heavy (non-hydrogen) atoms. The lowest BCUT2D eigenvalue weighted by molar-refractivity contribution is -0.163. The summed E-state index contributed by atoms with van der Waals surface area (Å²) in [4.78, 5) is 51.5. The van der Waals surface area contributed by atoms with E-state index in [9.17, 15) is 27.6 Å². The second-order valence-electron chi connectivity index (χ2n) is 9.09. The minimum Gasteiger partial charge on any atom is -0.451 e. The summed E-state index contributed by atoms with van der Waals surface area (Å²) in [6.45, 7) is 6.21. The number of anilines is 1. The molecule has 2 aliphatic rings. The first-order chi connectivity index (χ1) is 15.9. The Morgan fingerprint density at radius 2 is 1.50 bits per heavy atom. The molecule has 3 amide bonds. The number of hydrogen-bond donors (Lipinski definition) is 2. The number of amides is 3. The van der Waals surface area contributed by atoms with Gasteiger partial charge in [0.25, 0.3) is 5.91 Å². The second-order valence-corrected chi connectivity index (χ2v) is 10.8. The standard InChI is InChI=1S/C23H31N3O7S/c1-13(2)25-34(31,32)17-11-9-16(10-12-17)24-20(27)15(4)33-23(30)14(3)26-21(28)18-7-5-6-8-19(18)22(26)29/h9-15,18-19,25H,5-8H2,1-4H3,(H,24,27). The van der Waals surface area contributed by atoms with Crippen LogP contribution in [0.25, 0.3) is 0 Å². The molecule has 0 bridgehead atoms. The van der Waals surface area contributed by atoms with Crippen LogP contribution in [0.2, 0.25) is 0 Å². The monoisotopic (exact) mass is 493 g/mol. The van der Waals surface area contributed by atoms with Crippen LogP contribution in [0.1, 0.15) is 53.4 Å². The van der Waals surface area contributed by atoms with Gasteiger partial charge in [0.05, 0.1) is 16.7 Å². The Bertz CT molecular complexity index is 1040. The van der Waals surface area contributed by atoms with Gasteiger partial charge in [-0.3, -0.25) is 19.3 Å². The van der Waals surface area contributed by atoms with Crippen LogP contribution >= 0.6 is 0 Å². The third-order valence-corrected chi connectivity index (χ3v) is 7.76. The lowest BCUT2D eigenvalue weighted by Crippen LogP contribution is -2.46. The number of rotatable bonds is 8. The van der Waals surface area contributed by atoms with Gasteiger partial charge in [-0.15, -0.1) is 0 Å². The highest BCUT2D eigenvalue weighted by molar-refractivity contribution is 7.89. The Morgan fingerprint density at radius 1 is 0.971 bits per heavy atom. The van der Waals surface area contributed by atoms with Gasteiger partial charge in [0.2, 0.25) is 21.8 Å². The Hall–Kier alpha value is -2.79. The molecule has 1 aromatic rings. The largest absolute Gasteiger partial charge is 0.451 e. The molecule has 0 spiro atoms. The molecule has 10 nitrogen and oxygen atoms in total. The summed E-state index contributed by atoms with van der Waals surface area (Å²) in [6.07, 6.45) is 1.84. The number of imide groups is 1. The summed E-state index contributed by atoms with van der Waals surface area (Å²) in [5, 5.41) is 2.55. The van der Waals surface area contributed by atoms with Gasteiger partial charge in [-0.25, -0.2) is 17.9 Å². The van der Waals surface area contributed by atoms with E-state index in [1.165, 1.54) is 38.1 Å². The van der Waals surface area contributed by atoms with E-state index < -0.39 is 34.0 Å². The highest BCUT2D eigenvalue weighted by atomic mass is 32.2. The van der Waals surface area contributed by atoms with Crippen LogP contribution < -0.4 is 10.0 Å². The van der Waals surface area contributed by atoms with E-state index >= 15 is 0 Å². The predicted octanol–water partition coefficient (Wildman–Crippen LogP) is 1.81. The molecule has 1 saturated heterocycles. The second kappa shape index (κ2) is 10.2. The van der Waals surface area contributed by atoms with Crippen LogP contribution in [-0.4, -0.2) is 55.2 Å². The number of carbonyl (C=O) groups is 4. The van der Waals surface area contributed by atoms with Gasteiger partial charge >= 0.3 is 5.97 Å². The van der Waals surface area contributed by atoms with Crippen molar-refractivity contribution in [1.29, 1.82) is 0 Å². The molecule has 1 aliphatic carbocycles. The average Bonchev–Trinajstić information content (AvgIpc) is 3.03. The maximum atomic E-state index is 12.7. The third-order valence-electron chi connectivity index (χ3n) is 6.09. The number of nitrogens with one attached hydrogen (secondary N) is 2. The van der Waals surface area contributed by atoms with Gasteiger partial charge in [-0.1, -0.05) is 12.8 Å². The van der Waals surface area contributed by atoms with E-state index in [-0.39, 0.29) is 34.6 Å². The first-order valence-corrected chi connectivity index (χ1v) is 12.9. The minimum absolute atomic E-state index is 0.0491. The molecule has 1 saturated carbocycles. The van der Waals surface area contributed by atoms with Crippen molar-refractivity contribution in [3.05, 3.63) is 24.3 Å². The Morgan fingerprint density at radius 3 is 2.00 bits per heavy atom. The number of likely N-dealkylation sites (tertiary alicyclic amines) is 1. The van der Waals surface area contributed by atoms with Gasteiger partial charge in [-0.2, -0.15) is 0 Å². The zero-order valence-electron chi connectivity index (χ0n) is 19.7. The summed E-state index contributed by atoms with van der Waals surface area (Å²) >= 11 is 0. The molecule has 0 radical (unpaired) electrons. The number of esters is 1. The van der Waals surface area contributed by atoms with E-state index in [1.807, 2.05) is 0 Å². The Kier molecular flexibility index (Phi) is 7.77. The average molecular weight is 494 g/mol. The molecule has 1 heterocycles. The minimum atomic E-state index is -3.66. The third kappa shape index (κ3) is 5.47. The molecule has 186 valence electrons. The van der Waals surface area contributed by atoms with Crippen molar-refractivity contribution in [2.45, 2.75) is 76.5 Å². The highest BCUT2D eigenvalue weighted by Gasteiger charge is 2.51. The summed E-state index contributed by atoms with van der Waals surface area (Å²) in [7, 11) is -3.66. The fourth-order valence-electron chi connectivity index (χ4n) is 4.34. The van der Waals surface area contributed by atoms with E-state index in [0.29, 0.717) is 18.5 Å². The lowest BCUT2D eigenvalue weighted by Gasteiger charge is -2.23. The number of fused-ring (bicyclic) bond motifs is 1. The number of nitrogens with zero attached hydrogens (tertiary/aromatic N) is 1. The molecule has 2 N–H and O–H groups in total. The number of ether oxygens (including phenoxy) is 1. The van der Waals surface area contributed by atoms with Crippen LogP contribution in [0.4, 0.5) is 5.69 Å². The van der Waals surface area contributed by atoms with Gasteiger partial charge in [0.1, 0.15) is 6.04 Å². The fourth-order valence-corrected chi connectivity index (χ4v) is 5.59. The number of carbonyl (C=O) groups excluding carboxylic acids is 4. The van der Waals surface area contributed by atoms with Crippen molar-refractivity contribution in [3.8, 4) is 0 Å². The maximum absolute atomic E-state index is 12.7. The van der Waals surface area contributed by atoms with Gasteiger partial charge < -0.3 is 10.1 Å². The summed E-state index contributed by atoms with van der Waals surface area (Å²) < 4.78 is 32.1. The molecule has 1 aliphatic heterocycles. The van der Waals surface area contributed by atoms with Crippen LogP contribution in [0.15, 0.2) is 29.2 Å². The van der Waals surface area contributed by atoms with Crippen molar-refractivity contribution in [2.75, 3.05) is 5.32 Å².